The molecule has 0 unspecified atom stereocenters. The number of furan rings is 1. The Bertz CT molecular complexity index is 1620. The van der Waals surface area contributed by atoms with Crippen LogP contribution in [-0.2, 0) is 21.4 Å². The van der Waals surface area contributed by atoms with E-state index in [1.54, 1.807) is 24.3 Å². The van der Waals surface area contributed by atoms with Crippen LogP contribution < -0.4 is 10.1 Å². The third kappa shape index (κ3) is 5.91. The van der Waals surface area contributed by atoms with Gasteiger partial charge in [0.15, 0.2) is 0 Å². The summed E-state index contributed by atoms with van der Waals surface area (Å²) in [4.78, 5) is 13.0. The number of sulfonamides is 1. The van der Waals surface area contributed by atoms with Gasteiger partial charge < -0.3 is 14.5 Å². The molecular formula is C27H22F4N2O5S. The van der Waals surface area contributed by atoms with Crippen LogP contribution in [0.4, 0.5) is 17.6 Å². The zero-order chi connectivity index (χ0) is 27.8. The summed E-state index contributed by atoms with van der Waals surface area (Å²) in [6, 6.07) is 16.5. The van der Waals surface area contributed by atoms with Crippen molar-refractivity contribution in [2.75, 3.05) is 6.54 Å². The normalized spacial score (nSPS) is 16.5. The molecule has 4 aromatic rings. The number of rotatable bonds is 7. The fraction of sp³-hybridized carbons (Fsp3) is 0.222. The number of ether oxygens (including phenoxy) is 1. The highest BCUT2D eigenvalue weighted by Crippen LogP contribution is 2.31. The van der Waals surface area contributed by atoms with Crippen molar-refractivity contribution in [2.24, 2.45) is 0 Å². The van der Waals surface area contributed by atoms with Gasteiger partial charge in [-0.1, -0.05) is 30.3 Å². The molecule has 2 heterocycles. The molecule has 0 aliphatic carbocycles. The van der Waals surface area contributed by atoms with E-state index in [2.05, 4.69) is 10.1 Å². The number of amides is 1. The lowest BCUT2D eigenvalue weighted by molar-refractivity contribution is -0.274. The largest absolute Gasteiger partial charge is 0.573 e. The minimum atomic E-state index is -4.78. The average molecular weight is 563 g/mol. The number of fused-ring (bicyclic) bond motifs is 1. The molecular weight excluding hydrogens is 540 g/mol. The molecule has 1 N–H and O–H groups in total. The lowest BCUT2D eigenvalue weighted by Crippen LogP contribution is -2.45. The highest BCUT2D eigenvalue weighted by Gasteiger charge is 2.41. The van der Waals surface area contributed by atoms with Gasteiger partial charge in [0.2, 0.25) is 11.0 Å². The summed E-state index contributed by atoms with van der Waals surface area (Å²) in [6.45, 7) is 0.242. The van der Waals surface area contributed by atoms with Gasteiger partial charge in [-0.15, -0.1) is 13.2 Å². The molecule has 7 nitrogen and oxygen atoms in total. The Morgan fingerprint density at radius 1 is 1.03 bits per heavy atom. The maximum absolute atomic E-state index is 13.5. The van der Waals surface area contributed by atoms with Crippen molar-refractivity contribution in [1.82, 2.24) is 9.62 Å². The number of nitrogens with one attached hydrogen (secondary N) is 1. The molecule has 0 spiro atoms. The van der Waals surface area contributed by atoms with E-state index < -0.39 is 34.2 Å². The maximum Gasteiger partial charge on any atom is 0.573 e. The van der Waals surface area contributed by atoms with E-state index in [0.717, 1.165) is 4.31 Å². The predicted molar refractivity (Wildman–Crippen MR) is 133 cm³/mol. The van der Waals surface area contributed by atoms with Crippen LogP contribution in [0.2, 0.25) is 0 Å². The molecule has 1 amide bonds. The van der Waals surface area contributed by atoms with Crippen LogP contribution in [0.25, 0.3) is 22.1 Å². The Balaban J connectivity index is 1.26. The van der Waals surface area contributed by atoms with Crippen LogP contribution in [0.3, 0.4) is 0 Å². The van der Waals surface area contributed by atoms with Gasteiger partial charge in [0, 0.05) is 24.5 Å². The van der Waals surface area contributed by atoms with Gasteiger partial charge >= 0.3 is 6.36 Å². The summed E-state index contributed by atoms with van der Waals surface area (Å²) >= 11 is 0. The average Bonchev–Trinajstić information content (AvgIpc) is 3.55. The number of nitrogens with zero attached hydrogens (tertiary/aromatic N) is 1. The summed E-state index contributed by atoms with van der Waals surface area (Å²) in [5.41, 5.74) is 2.30. The van der Waals surface area contributed by atoms with Crippen LogP contribution in [0.15, 0.2) is 82.3 Å². The summed E-state index contributed by atoms with van der Waals surface area (Å²) in [7, 11) is -4.15. The first kappa shape index (κ1) is 26.7. The lowest BCUT2D eigenvalue weighted by Gasteiger charge is -2.22. The van der Waals surface area contributed by atoms with Crippen molar-refractivity contribution in [3.05, 3.63) is 84.2 Å². The Labute approximate surface area is 221 Å². The van der Waals surface area contributed by atoms with Crippen molar-refractivity contribution in [1.29, 1.82) is 0 Å². The molecule has 0 radical (unpaired) electrons. The van der Waals surface area contributed by atoms with Gasteiger partial charge in [0.1, 0.15) is 23.2 Å². The van der Waals surface area contributed by atoms with Crippen LogP contribution in [0.5, 0.6) is 5.75 Å². The number of benzene rings is 3. The molecule has 1 fully saturated rings. The first-order chi connectivity index (χ1) is 18.5. The van der Waals surface area contributed by atoms with Crippen molar-refractivity contribution >= 4 is 26.9 Å². The number of alkyl halides is 3. The second kappa shape index (κ2) is 10.3. The summed E-state index contributed by atoms with van der Waals surface area (Å²) < 4.78 is 87.7. The van der Waals surface area contributed by atoms with Gasteiger partial charge in [0.25, 0.3) is 10.0 Å². The van der Waals surface area contributed by atoms with Crippen LogP contribution in [-0.4, -0.2) is 37.6 Å². The fourth-order valence-corrected chi connectivity index (χ4v) is 6.15. The second-order valence-electron chi connectivity index (χ2n) is 9.01. The molecule has 1 atom stereocenters. The monoisotopic (exact) mass is 562 g/mol. The highest BCUT2D eigenvalue weighted by molar-refractivity contribution is 7.89. The van der Waals surface area contributed by atoms with E-state index in [1.807, 2.05) is 0 Å². The van der Waals surface area contributed by atoms with Crippen LogP contribution >= 0.6 is 0 Å². The maximum atomic E-state index is 13.5. The zero-order valence-electron chi connectivity index (χ0n) is 20.2. The molecule has 12 heteroatoms. The minimum Gasteiger partial charge on any atom is -0.443 e. The Kier molecular flexibility index (Phi) is 7.08. The first-order valence-corrected chi connectivity index (χ1v) is 13.4. The molecule has 1 saturated heterocycles. The molecule has 204 valence electrons. The van der Waals surface area contributed by atoms with Gasteiger partial charge in [-0.2, -0.15) is 4.31 Å². The number of hydrogen-bond acceptors (Lipinski definition) is 5. The highest BCUT2D eigenvalue weighted by atomic mass is 32.2. The van der Waals surface area contributed by atoms with Gasteiger partial charge in [-0.3, -0.25) is 4.79 Å². The van der Waals surface area contributed by atoms with Crippen LogP contribution in [0.1, 0.15) is 18.4 Å². The molecule has 1 aliphatic heterocycles. The first-order valence-electron chi connectivity index (χ1n) is 11.9. The molecule has 1 aliphatic rings. The van der Waals surface area contributed by atoms with Crippen molar-refractivity contribution in [3.8, 4) is 16.9 Å². The van der Waals surface area contributed by atoms with E-state index in [9.17, 15) is 30.8 Å². The number of hydrogen-bond donors (Lipinski definition) is 1. The van der Waals surface area contributed by atoms with Gasteiger partial charge in [-0.25, -0.2) is 12.8 Å². The Morgan fingerprint density at radius 3 is 2.54 bits per heavy atom. The third-order valence-corrected chi connectivity index (χ3v) is 8.10. The number of carbonyl (C=O) groups is 1. The number of carbonyl (C=O) groups excluding carboxylic acids is 1. The molecule has 3 aromatic carbocycles. The summed E-state index contributed by atoms with van der Waals surface area (Å²) in [5, 5.41) is 2.71. The van der Waals surface area contributed by atoms with E-state index >= 15 is 0 Å². The van der Waals surface area contributed by atoms with E-state index in [1.165, 1.54) is 48.5 Å². The molecule has 0 saturated carbocycles. The SMILES string of the molecule is O=C(NCc1cccc(-c2ccc(OC(F)(F)F)cc2)c1)[C@@H]1CCCN1S(=O)(=O)c1cc2cc(F)ccc2o1. The van der Waals surface area contributed by atoms with E-state index in [4.69, 9.17) is 4.42 Å². The summed E-state index contributed by atoms with van der Waals surface area (Å²) in [6.07, 6.45) is -3.97. The van der Waals surface area contributed by atoms with Gasteiger partial charge in [-0.05, 0) is 65.9 Å². The van der Waals surface area contributed by atoms with E-state index in [0.29, 0.717) is 34.9 Å². The molecule has 39 heavy (non-hydrogen) atoms. The molecule has 0 bridgehead atoms. The Hall–Kier alpha value is -3.90. The van der Waals surface area contributed by atoms with Gasteiger partial charge in [0.05, 0.1) is 0 Å². The fourth-order valence-electron chi connectivity index (χ4n) is 4.54. The minimum absolute atomic E-state index is 0.107. The molecule has 5 rings (SSSR count). The standard InChI is InChI=1S/C27H22F4N2O5S/c28-21-8-11-24-20(14-21)15-25(37-24)39(35,36)33-12-2-5-23(33)26(34)32-16-17-3-1-4-19(13-17)18-6-9-22(10-7-18)38-27(29,30)31/h1,3-4,6-11,13-15,23H,2,5,12,16H2,(H,32,34)/t23-/m0/s1. The van der Waals surface area contributed by atoms with E-state index in [-0.39, 0.29) is 29.5 Å². The summed E-state index contributed by atoms with van der Waals surface area (Å²) in [5.74, 6) is -1.33. The van der Waals surface area contributed by atoms with Crippen molar-refractivity contribution < 1.29 is 39.9 Å². The zero-order valence-corrected chi connectivity index (χ0v) is 21.1. The number of halogens is 4. The van der Waals surface area contributed by atoms with Crippen LogP contribution in [0, 0.1) is 5.82 Å². The van der Waals surface area contributed by atoms with Crippen molar-refractivity contribution in [3.63, 3.8) is 0 Å². The Morgan fingerprint density at radius 2 is 1.79 bits per heavy atom. The molecule has 1 aromatic heterocycles. The predicted octanol–water partition coefficient (Wildman–Crippen LogP) is 5.61. The van der Waals surface area contributed by atoms with Crippen molar-refractivity contribution in [2.45, 2.75) is 36.9 Å². The quantitative estimate of drug-likeness (QED) is 0.296. The smallest absolute Gasteiger partial charge is 0.443 e. The second-order valence-corrected chi connectivity index (χ2v) is 10.8. The lowest BCUT2D eigenvalue weighted by atomic mass is 10.0. The topological polar surface area (TPSA) is 88.9 Å². The third-order valence-electron chi connectivity index (χ3n) is 6.34.